The fourth-order valence-corrected chi connectivity index (χ4v) is 3.37. The van der Waals surface area contributed by atoms with Crippen molar-refractivity contribution in [2.45, 2.75) is 13.8 Å². The lowest BCUT2D eigenvalue weighted by atomic mass is 10.1. The predicted octanol–water partition coefficient (Wildman–Crippen LogP) is 3.31. The molecule has 3 heterocycles. The standard InChI is InChI=1S/C21H24N6/c1-15-11-16(2)13-18(12-15)25-21-23-6-5-19(26-21)17-3-4-20(24-14-17)27-9-7-22-8-10-27/h3-6,11-14,22H,7-10H2,1-2H3,(H,23,25,26). The summed E-state index contributed by atoms with van der Waals surface area (Å²) in [6.45, 7) is 8.15. The van der Waals surface area contributed by atoms with Gasteiger partial charge in [0.2, 0.25) is 5.95 Å². The minimum Gasteiger partial charge on any atom is -0.354 e. The fraction of sp³-hybridized carbons (Fsp3) is 0.286. The summed E-state index contributed by atoms with van der Waals surface area (Å²) in [5.74, 6) is 1.60. The molecule has 0 saturated carbocycles. The molecule has 0 radical (unpaired) electrons. The highest BCUT2D eigenvalue weighted by molar-refractivity contribution is 5.63. The number of aromatic nitrogens is 3. The van der Waals surface area contributed by atoms with E-state index in [1.54, 1.807) is 6.20 Å². The van der Waals surface area contributed by atoms with Crippen LogP contribution in [0.15, 0.2) is 48.8 Å². The molecule has 0 spiro atoms. The third-order valence-electron chi connectivity index (χ3n) is 4.62. The van der Waals surface area contributed by atoms with Gasteiger partial charge in [0.15, 0.2) is 0 Å². The summed E-state index contributed by atoms with van der Waals surface area (Å²) in [6.07, 6.45) is 3.66. The van der Waals surface area contributed by atoms with E-state index in [9.17, 15) is 0 Å². The molecule has 2 N–H and O–H groups in total. The van der Waals surface area contributed by atoms with E-state index in [-0.39, 0.29) is 0 Å². The molecule has 1 saturated heterocycles. The summed E-state index contributed by atoms with van der Waals surface area (Å²) in [5.41, 5.74) is 5.26. The number of nitrogens with zero attached hydrogens (tertiary/aromatic N) is 4. The van der Waals surface area contributed by atoms with Crippen molar-refractivity contribution in [2.75, 3.05) is 36.4 Å². The number of pyridine rings is 1. The van der Waals surface area contributed by atoms with Crippen LogP contribution in [0.25, 0.3) is 11.3 Å². The van der Waals surface area contributed by atoms with Crippen LogP contribution in [0.4, 0.5) is 17.5 Å². The Balaban J connectivity index is 1.53. The Morgan fingerprint density at radius 3 is 2.44 bits per heavy atom. The van der Waals surface area contributed by atoms with Crippen molar-refractivity contribution >= 4 is 17.5 Å². The number of rotatable bonds is 4. The van der Waals surface area contributed by atoms with Gasteiger partial charge >= 0.3 is 0 Å². The summed E-state index contributed by atoms with van der Waals surface area (Å²) in [5, 5.41) is 6.66. The summed E-state index contributed by atoms with van der Waals surface area (Å²) in [7, 11) is 0. The van der Waals surface area contributed by atoms with Crippen molar-refractivity contribution in [3.8, 4) is 11.3 Å². The first kappa shape index (κ1) is 17.4. The van der Waals surface area contributed by atoms with Crippen molar-refractivity contribution in [3.63, 3.8) is 0 Å². The number of benzene rings is 1. The second-order valence-corrected chi connectivity index (χ2v) is 6.91. The topological polar surface area (TPSA) is 66.0 Å². The van der Waals surface area contributed by atoms with E-state index < -0.39 is 0 Å². The van der Waals surface area contributed by atoms with E-state index in [4.69, 9.17) is 0 Å². The van der Waals surface area contributed by atoms with Gasteiger partial charge < -0.3 is 15.5 Å². The Bertz CT molecular complexity index is 896. The maximum atomic E-state index is 4.65. The first-order valence-corrected chi connectivity index (χ1v) is 9.28. The second-order valence-electron chi connectivity index (χ2n) is 6.91. The molecule has 6 heteroatoms. The third-order valence-corrected chi connectivity index (χ3v) is 4.62. The molecule has 3 aromatic rings. The first-order valence-electron chi connectivity index (χ1n) is 9.28. The third kappa shape index (κ3) is 4.23. The van der Waals surface area contributed by atoms with E-state index in [1.165, 1.54) is 11.1 Å². The molecule has 138 valence electrons. The molecule has 1 aliphatic rings. The lowest BCUT2D eigenvalue weighted by Gasteiger charge is -2.28. The maximum Gasteiger partial charge on any atom is 0.227 e. The predicted molar refractivity (Wildman–Crippen MR) is 110 cm³/mol. The lowest BCUT2D eigenvalue weighted by Crippen LogP contribution is -2.43. The zero-order valence-corrected chi connectivity index (χ0v) is 15.7. The van der Waals surface area contributed by atoms with Gasteiger partial charge in [-0.3, -0.25) is 0 Å². The average molecular weight is 360 g/mol. The number of anilines is 3. The molecule has 1 aliphatic heterocycles. The molecule has 0 aliphatic carbocycles. The lowest BCUT2D eigenvalue weighted by molar-refractivity contribution is 0.585. The molecule has 1 aromatic carbocycles. The average Bonchev–Trinajstić information content (AvgIpc) is 2.68. The molecule has 27 heavy (non-hydrogen) atoms. The molecule has 6 nitrogen and oxygen atoms in total. The normalized spacial score (nSPS) is 14.2. The highest BCUT2D eigenvalue weighted by Gasteiger charge is 2.12. The zero-order chi connectivity index (χ0) is 18.6. The monoisotopic (exact) mass is 360 g/mol. The minimum absolute atomic E-state index is 0.587. The van der Waals surface area contributed by atoms with Crippen LogP contribution in [-0.4, -0.2) is 41.1 Å². The van der Waals surface area contributed by atoms with E-state index in [0.717, 1.165) is 48.9 Å². The minimum atomic E-state index is 0.587. The summed E-state index contributed by atoms with van der Waals surface area (Å²) >= 11 is 0. The van der Waals surface area contributed by atoms with Crippen LogP contribution < -0.4 is 15.5 Å². The van der Waals surface area contributed by atoms with Crippen molar-refractivity contribution in [1.29, 1.82) is 0 Å². The van der Waals surface area contributed by atoms with Crippen LogP contribution in [0.5, 0.6) is 0 Å². The van der Waals surface area contributed by atoms with E-state index >= 15 is 0 Å². The van der Waals surface area contributed by atoms with Gasteiger partial charge in [0, 0.05) is 49.8 Å². The molecule has 0 bridgehead atoms. The molecule has 2 aromatic heterocycles. The largest absolute Gasteiger partial charge is 0.354 e. The number of aryl methyl sites for hydroxylation is 2. The second kappa shape index (κ2) is 7.72. The first-order chi connectivity index (χ1) is 13.2. The van der Waals surface area contributed by atoms with Crippen LogP contribution in [0.1, 0.15) is 11.1 Å². The Morgan fingerprint density at radius 2 is 1.74 bits per heavy atom. The van der Waals surface area contributed by atoms with Crippen LogP contribution in [0, 0.1) is 13.8 Å². The quantitative estimate of drug-likeness (QED) is 0.744. The SMILES string of the molecule is Cc1cc(C)cc(Nc2nccc(-c3ccc(N4CCNCC4)nc3)n2)c1. The molecule has 0 unspecified atom stereocenters. The summed E-state index contributed by atoms with van der Waals surface area (Å²) < 4.78 is 0. The van der Waals surface area contributed by atoms with Gasteiger partial charge in [-0.1, -0.05) is 6.07 Å². The number of hydrogen-bond donors (Lipinski definition) is 2. The van der Waals surface area contributed by atoms with Crippen LogP contribution in [0.2, 0.25) is 0 Å². The van der Waals surface area contributed by atoms with Crippen molar-refractivity contribution in [3.05, 3.63) is 59.9 Å². The number of hydrogen-bond acceptors (Lipinski definition) is 6. The van der Waals surface area contributed by atoms with Gasteiger partial charge in [0.1, 0.15) is 5.82 Å². The Morgan fingerprint density at radius 1 is 0.963 bits per heavy atom. The highest BCUT2D eigenvalue weighted by atomic mass is 15.2. The Kier molecular flexibility index (Phi) is 4.98. The van der Waals surface area contributed by atoms with E-state index in [2.05, 4.69) is 74.7 Å². The van der Waals surface area contributed by atoms with Gasteiger partial charge in [-0.15, -0.1) is 0 Å². The van der Waals surface area contributed by atoms with Crippen molar-refractivity contribution in [2.24, 2.45) is 0 Å². The van der Waals surface area contributed by atoms with E-state index in [0.29, 0.717) is 5.95 Å². The van der Waals surface area contributed by atoms with Crippen LogP contribution >= 0.6 is 0 Å². The molecule has 0 atom stereocenters. The number of nitrogens with one attached hydrogen (secondary N) is 2. The van der Waals surface area contributed by atoms with Crippen molar-refractivity contribution in [1.82, 2.24) is 20.3 Å². The highest BCUT2D eigenvalue weighted by Crippen LogP contribution is 2.22. The molecular weight excluding hydrogens is 336 g/mol. The van der Waals surface area contributed by atoms with Crippen molar-refractivity contribution < 1.29 is 0 Å². The molecule has 4 rings (SSSR count). The van der Waals surface area contributed by atoms with Gasteiger partial charge in [-0.05, 0) is 55.3 Å². The molecule has 1 fully saturated rings. The van der Waals surface area contributed by atoms with Gasteiger partial charge in [-0.2, -0.15) is 0 Å². The van der Waals surface area contributed by atoms with Gasteiger partial charge in [0.05, 0.1) is 5.69 Å². The molecular formula is C21H24N6. The summed E-state index contributed by atoms with van der Waals surface area (Å²) in [6, 6.07) is 12.4. The Labute approximate surface area is 159 Å². The number of piperazine rings is 1. The molecule has 0 amide bonds. The Hall–Kier alpha value is -2.99. The fourth-order valence-electron chi connectivity index (χ4n) is 3.37. The van der Waals surface area contributed by atoms with E-state index in [1.807, 2.05) is 12.3 Å². The van der Waals surface area contributed by atoms with Gasteiger partial charge in [-0.25, -0.2) is 15.0 Å². The maximum absolute atomic E-state index is 4.65. The van der Waals surface area contributed by atoms with Crippen LogP contribution in [0.3, 0.4) is 0 Å². The van der Waals surface area contributed by atoms with Crippen LogP contribution in [-0.2, 0) is 0 Å². The summed E-state index contributed by atoms with van der Waals surface area (Å²) in [4.78, 5) is 15.9. The smallest absolute Gasteiger partial charge is 0.227 e. The van der Waals surface area contributed by atoms with Gasteiger partial charge in [0.25, 0.3) is 0 Å². The zero-order valence-electron chi connectivity index (χ0n) is 15.7.